The highest BCUT2D eigenvalue weighted by molar-refractivity contribution is 5.91. The molecule has 0 unspecified atom stereocenters. The Balaban J connectivity index is 1.53. The summed E-state index contributed by atoms with van der Waals surface area (Å²) in [4.78, 5) is 4.83. The minimum Gasteiger partial charge on any atom is -0.443 e. The molecule has 0 atom stereocenters. The normalized spacial score (nSPS) is 15.4. The minimum atomic E-state index is 0.536. The van der Waals surface area contributed by atoms with Crippen molar-refractivity contribution in [1.29, 1.82) is 0 Å². The highest BCUT2D eigenvalue weighted by atomic mass is 16.3. The van der Waals surface area contributed by atoms with Crippen molar-refractivity contribution in [2.75, 3.05) is 0 Å². The first-order valence-corrected chi connectivity index (χ1v) is 9.84. The Morgan fingerprint density at radius 2 is 1.70 bits per heavy atom. The van der Waals surface area contributed by atoms with Crippen molar-refractivity contribution >= 4 is 10.9 Å². The molecule has 2 heterocycles. The van der Waals surface area contributed by atoms with Gasteiger partial charge in [-0.25, -0.2) is 4.98 Å². The summed E-state index contributed by atoms with van der Waals surface area (Å²) < 4.78 is 7.93. The summed E-state index contributed by atoms with van der Waals surface area (Å²) >= 11 is 0. The van der Waals surface area contributed by atoms with E-state index in [1.807, 2.05) is 23.1 Å². The van der Waals surface area contributed by atoms with E-state index < -0.39 is 0 Å². The van der Waals surface area contributed by atoms with Crippen molar-refractivity contribution in [1.82, 2.24) is 14.8 Å². The van der Waals surface area contributed by atoms with Crippen molar-refractivity contribution < 1.29 is 4.42 Å². The van der Waals surface area contributed by atoms with E-state index in [1.165, 1.54) is 37.7 Å². The second kappa shape index (κ2) is 7.03. The van der Waals surface area contributed by atoms with Crippen LogP contribution in [0.3, 0.4) is 0 Å². The van der Waals surface area contributed by atoms with Gasteiger partial charge in [0.25, 0.3) is 0 Å². The van der Waals surface area contributed by atoms with Gasteiger partial charge in [0.2, 0.25) is 5.89 Å². The van der Waals surface area contributed by atoms with E-state index >= 15 is 0 Å². The number of oxazole rings is 1. The summed E-state index contributed by atoms with van der Waals surface area (Å²) in [5.74, 6) is 1.17. The maximum absolute atomic E-state index is 5.89. The number of fused-ring (bicyclic) bond motifs is 1. The predicted octanol–water partition coefficient (Wildman–Crippen LogP) is 5.79. The first-order valence-electron chi connectivity index (χ1n) is 9.84. The number of hydrogen-bond donors (Lipinski definition) is 0. The number of hydrogen-bond acceptors (Lipinski definition) is 3. The lowest BCUT2D eigenvalue weighted by Gasteiger charge is -2.18. The summed E-state index contributed by atoms with van der Waals surface area (Å²) in [5, 5.41) is 5.96. The van der Waals surface area contributed by atoms with Gasteiger partial charge in [-0.15, -0.1) is 0 Å². The zero-order chi connectivity index (χ0) is 18.1. The Hall–Kier alpha value is -2.88. The van der Waals surface area contributed by atoms with E-state index in [9.17, 15) is 0 Å². The van der Waals surface area contributed by atoms with Crippen LogP contribution < -0.4 is 0 Å². The van der Waals surface area contributed by atoms with Crippen molar-refractivity contribution in [2.45, 2.75) is 44.6 Å². The van der Waals surface area contributed by atoms with Gasteiger partial charge in [0.05, 0.1) is 17.8 Å². The molecule has 1 saturated carbocycles. The van der Waals surface area contributed by atoms with Gasteiger partial charge in [-0.2, -0.15) is 5.10 Å². The van der Waals surface area contributed by atoms with Crippen LogP contribution in [0.25, 0.3) is 22.5 Å². The van der Waals surface area contributed by atoms with Crippen molar-refractivity contribution in [3.05, 3.63) is 72.1 Å². The van der Waals surface area contributed by atoms with Gasteiger partial charge in [-0.05, 0) is 24.5 Å². The first kappa shape index (κ1) is 16.3. The van der Waals surface area contributed by atoms with Crippen LogP contribution in [0.4, 0.5) is 0 Å². The van der Waals surface area contributed by atoms with Crippen LogP contribution in [0.15, 0.2) is 65.3 Å². The summed E-state index contributed by atoms with van der Waals surface area (Å²) in [6.07, 6.45) is 8.21. The molecule has 0 amide bonds. The Morgan fingerprint density at radius 3 is 2.56 bits per heavy atom. The predicted molar refractivity (Wildman–Crippen MR) is 107 cm³/mol. The molecule has 4 aromatic rings. The average Bonchev–Trinajstić information content (AvgIpc) is 3.35. The molecule has 27 heavy (non-hydrogen) atoms. The number of nitrogens with zero attached hydrogens (tertiary/aromatic N) is 3. The Kier molecular flexibility index (Phi) is 4.24. The van der Waals surface area contributed by atoms with Crippen LogP contribution in [0.1, 0.15) is 49.3 Å². The number of para-hydroxylation sites is 1. The molecule has 4 nitrogen and oxygen atoms in total. The third-order valence-electron chi connectivity index (χ3n) is 5.58. The molecule has 0 radical (unpaired) electrons. The van der Waals surface area contributed by atoms with Crippen LogP contribution >= 0.6 is 0 Å². The smallest absolute Gasteiger partial charge is 0.247 e. The number of rotatable bonds is 4. The van der Waals surface area contributed by atoms with E-state index in [1.54, 1.807) is 0 Å². The van der Waals surface area contributed by atoms with Crippen LogP contribution in [-0.2, 0) is 6.54 Å². The molecule has 0 spiro atoms. The van der Waals surface area contributed by atoms with Crippen LogP contribution in [0.5, 0.6) is 0 Å². The summed E-state index contributed by atoms with van der Waals surface area (Å²) in [7, 11) is 0. The molecule has 1 aliphatic carbocycles. The fourth-order valence-corrected chi connectivity index (χ4v) is 4.14. The molecule has 4 heteroatoms. The SMILES string of the molecule is c1ccc(Cn2nc(-c3nc(C4CCCCC4)co3)c3ccccc32)cc1. The minimum absolute atomic E-state index is 0.536. The molecule has 0 N–H and O–H groups in total. The highest BCUT2D eigenvalue weighted by Gasteiger charge is 2.22. The van der Waals surface area contributed by atoms with E-state index in [-0.39, 0.29) is 0 Å². The standard InChI is InChI=1S/C23H23N3O/c1-3-9-17(10-4-1)15-26-21-14-8-7-13-19(21)22(25-26)23-24-20(16-27-23)18-11-5-2-6-12-18/h1,3-4,7-10,13-14,16,18H,2,5-6,11-12,15H2. The molecule has 2 aromatic heterocycles. The zero-order valence-electron chi connectivity index (χ0n) is 15.3. The average molecular weight is 357 g/mol. The molecule has 0 bridgehead atoms. The summed E-state index contributed by atoms with van der Waals surface area (Å²) in [6.45, 7) is 0.734. The van der Waals surface area contributed by atoms with Crippen LogP contribution in [0.2, 0.25) is 0 Å². The fraction of sp³-hybridized carbons (Fsp3) is 0.304. The Morgan fingerprint density at radius 1 is 0.926 bits per heavy atom. The van der Waals surface area contributed by atoms with E-state index in [0.717, 1.165) is 28.8 Å². The number of aromatic nitrogens is 3. The molecular formula is C23H23N3O. The summed E-state index contributed by atoms with van der Waals surface area (Å²) in [5.41, 5.74) is 4.26. The lowest BCUT2D eigenvalue weighted by atomic mass is 9.87. The van der Waals surface area contributed by atoms with Gasteiger partial charge in [0, 0.05) is 11.3 Å². The van der Waals surface area contributed by atoms with Gasteiger partial charge in [0.15, 0.2) is 5.69 Å². The zero-order valence-corrected chi connectivity index (χ0v) is 15.3. The lowest BCUT2D eigenvalue weighted by molar-refractivity contribution is 0.435. The van der Waals surface area contributed by atoms with Crippen LogP contribution in [-0.4, -0.2) is 14.8 Å². The fourth-order valence-electron chi connectivity index (χ4n) is 4.14. The van der Waals surface area contributed by atoms with Crippen molar-refractivity contribution in [2.24, 2.45) is 0 Å². The van der Waals surface area contributed by atoms with Gasteiger partial charge in [-0.3, -0.25) is 4.68 Å². The largest absolute Gasteiger partial charge is 0.443 e. The summed E-state index contributed by atoms with van der Waals surface area (Å²) in [6, 6.07) is 18.7. The molecular weight excluding hydrogens is 334 g/mol. The van der Waals surface area contributed by atoms with Gasteiger partial charge < -0.3 is 4.42 Å². The lowest BCUT2D eigenvalue weighted by Crippen LogP contribution is -2.04. The first-order chi connectivity index (χ1) is 13.4. The topological polar surface area (TPSA) is 43.9 Å². The van der Waals surface area contributed by atoms with Crippen LogP contribution in [0, 0.1) is 0 Å². The highest BCUT2D eigenvalue weighted by Crippen LogP contribution is 2.34. The molecule has 0 saturated heterocycles. The molecule has 0 aliphatic heterocycles. The monoisotopic (exact) mass is 357 g/mol. The van der Waals surface area contributed by atoms with Gasteiger partial charge in [-0.1, -0.05) is 67.8 Å². The van der Waals surface area contributed by atoms with Gasteiger partial charge in [0.1, 0.15) is 6.26 Å². The third-order valence-corrected chi connectivity index (χ3v) is 5.58. The number of benzene rings is 2. The maximum Gasteiger partial charge on any atom is 0.247 e. The molecule has 1 aliphatic rings. The quantitative estimate of drug-likeness (QED) is 0.464. The van der Waals surface area contributed by atoms with E-state index in [4.69, 9.17) is 14.5 Å². The molecule has 136 valence electrons. The Labute approximate surface area is 158 Å². The molecule has 1 fully saturated rings. The van der Waals surface area contributed by atoms with E-state index in [0.29, 0.717) is 11.8 Å². The van der Waals surface area contributed by atoms with Crippen molar-refractivity contribution in [3.63, 3.8) is 0 Å². The third kappa shape index (κ3) is 3.16. The molecule has 5 rings (SSSR count). The van der Waals surface area contributed by atoms with Crippen molar-refractivity contribution in [3.8, 4) is 11.6 Å². The Bertz CT molecular complexity index is 1040. The maximum atomic E-state index is 5.89. The molecule has 2 aromatic carbocycles. The second-order valence-corrected chi connectivity index (χ2v) is 7.42. The second-order valence-electron chi connectivity index (χ2n) is 7.42. The van der Waals surface area contributed by atoms with E-state index in [2.05, 4.69) is 42.5 Å². The van der Waals surface area contributed by atoms with Gasteiger partial charge >= 0.3 is 0 Å².